The van der Waals surface area contributed by atoms with E-state index in [-0.39, 0.29) is 11.8 Å². The molecule has 0 bridgehead atoms. The van der Waals surface area contributed by atoms with Crippen molar-refractivity contribution in [3.63, 3.8) is 0 Å². The summed E-state index contributed by atoms with van der Waals surface area (Å²) < 4.78 is 7.51. The number of rotatable bonds is 9. The summed E-state index contributed by atoms with van der Waals surface area (Å²) >= 11 is 1.61. The molecule has 1 aromatic heterocycles. The summed E-state index contributed by atoms with van der Waals surface area (Å²) in [5.74, 6) is 1.70. The molecule has 0 radical (unpaired) electrons. The molecule has 1 atom stereocenters. The average Bonchev–Trinajstić information content (AvgIpc) is 2.99. The highest BCUT2D eigenvalue weighted by atomic mass is 32.2. The van der Waals surface area contributed by atoms with Crippen molar-refractivity contribution in [3.05, 3.63) is 5.82 Å². The minimum atomic E-state index is -0.434. The van der Waals surface area contributed by atoms with E-state index in [1.54, 1.807) is 11.8 Å². The van der Waals surface area contributed by atoms with Crippen molar-refractivity contribution >= 4 is 17.7 Å². The van der Waals surface area contributed by atoms with E-state index in [9.17, 15) is 4.79 Å². The van der Waals surface area contributed by atoms with Crippen LogP contribution in [0.5, 0.6) is 0 Å². The molecule has 1 aromatic rings. The topological polar surface area (TPSA) is 95.1 Å². The van der Waals surface area contributed by atoms with Gasteiger partial charge in [0.25, 0.3) is 0 Å². The molecule has 1 aliphatic rings. The maximum Gasteiger partial charge on any atom is 0.237 e. The van der Waals surface area contributed by atoms with Crippen LogP contribution in [0.3, 0.4) is 0 Å². The summed E-state index contributed by atoms with van der Waals surface area (Å²) in [6.07, 6.45) is 5.38. The fraction of sp³-hybridized carbons (Fsp3) is 0.824. The van der Waals surface area contributed by atoms with Crippen molar-refractivity contribution in [2.24, 2.45) is 17.6 Å². The molecule has 1 saturated heterocycles. The number of carbonyl (C=O) groups excluding carboxylic acids is 1. The van der Waals surface area contributed by atoms with Crippen molar-refractivity contribution in [2.45, 2.75) is 57.3 Å². The Morgan fingerprint density at radius 2 is 2.12 bits per heavy atom. The molecule has 0 spiro atoms. The van der Waals surface area contributed by atoms with E-state index in [2.05, 4.69) is 33.9 Å². The molecule has 1 amide bonds. The number of nitrogens with one attached hydrogen (secondary N) is 1. The van der Waals surface area contributed by atoms with Crippen molar-refractivity contribution in [3.8, 4) is 0 Å². The molecular weight excluding hydrogens is 338 g/mol. The van der Waals surface area contributed by atoms with Crippen LogP contribution in [0.4, 0.5) is 0 Å². The minimum absolute atomic E-state index is 0.0552. The number of aryl methyl sites for hydroxylation is 1. The fourth-order valence-electron chi connectivity index (χ4n) is 3.07. The third-order valence-electron chi connectivity index (χ3n) is 4.48. The molecule has 25 heavy (non-hydrogen) atoms. The number of nitrogens with zero attached hydrogens (tertiary/aromatic N) is 3. The number of aromatic nitrogens is 3. The summed E-state index contributed by atoms with van der Waals surface area (Å²) in [4.78, 5) is 12.2. The Morgan fingerprint density at radius 1 is 1.40 bits per heavy atom. The zero-order valence-electron chi connectivity index (χ0n) is 15.5. The summed E-state index contributed by atoms with van der Waals surface area (Å²) in [6.45, 7) is 7.31. The largest absolute Gasteiger partial charge is 0.381 e. The van der Waals surface area contributed by atoms with Crippen LogP contribution in [0.15, 0.2) is 5.16 Å². The first-order chi connectivity index (χ1) is 12.0. The van der Waals surface area contributed by atoms with Crippen LogP contribution in [0, 0.1) is 11.8 Å². The van der Waals surface area contributed by atoms with Gasteiger partial charge in [-0.15, -0.1) is 10.2 Å². The number of hydrogen-bond acceptors (Lipinski definition) is 6. The Labute approximate surface area is 154 Å². The molecule has 1 aliphatic heterocycles. The van der Waals surface area contributed by atoms with Crippen molar-refractivity contribution in [1.82, 2.24) is 20.1 Å². The molecule has 0 aromatic carbocycles. The van der Waals surface area contributed by atoms with Gasteiger partial charge in [0, 0.05) is 32.7 Å². The SMILES string of the molecule is CSc1nnc(CCCNC(=O)C(N)C2CCOCC2)n1CC(C)C. The first-order valence-electron chi connectivity index (χ1n) is 9.10. The van der Waals surface area contributed by atoms with Crippen molar-refractivity contribution in [1.29, 1.82) is 0 Å². The van der Waals surface area contributed by atoms with Gasteiger partial charge in [0.05, 0.1) is 6.04 Å². The van der Waals surface area contributed by atoms with E-state index in [1.807, 2.05) is 6.26 Å². The standard InChI is InChI=1S/C17H31N5O2S/c1-12(2)11-22-14(20-21-17(22)25-3)5-4-8-19-16(23)15(18)13-6-9-24-10-7-13/h12-13,15H,4-11,18H2,1-3H3,(H,19,23). The average molecular weight is 370 g/mol. The Kier molecular flexibility index (Phi) is 8.18. The van der Waals surface area contributed by atoms with E-state index < -0.39 is 6.04 Å². The van der Waals surface area contributed by atoms with Gasteiger partial charge in [-0.05, 0) is 37.4 Å². The Balaban J connectivity index is 1.77. The number of amides is 1. The van der Waals surface area contributed by atoms with Gasteiger partial charge in [-0.1, -0.05) is 25.6 Å². The van der Waals surface area contributed by atoms with Crippen molar-refractivity contribution in [2.75, 3.05) is 26.0 Å². The van der Waals surface area contributed by atoms with Crippen LogP contribution in [-0.2, 0) is 22.5 Å². The predicted molar refractivity (Wildman–Crippen MR) is 99.5 cm³/mol. The Bertz CT molecular complexity index is 543. The van der Waals surface area contributed by atoms with E-state index >= 15 is 0 Å². The van der Waals surface area contributed by atoms with Crippen LogP contribution < -0.4 is 11.1 Å². The predicted octanol–water partition coefficient (Wildman–Crippen LogP) is 1.46. The number of ether oxygens (including phenoxy) is 1. The lowest BCUT2D eigenvalue weighted by Gasteiger charge is -2.26. The lowest BCUT2D eigenvalue weighted by atomic mass is 9.92. The number of thioether (sulfide) groups is 1. The van der Waals surface area contributed by atoms with Crippen LogP contribution in [-0.4, -0.2) is 52.7 Å². The minimum Gasteiger partial charge on any atom is -0.381 e. The van der Waals surface area contributed by atoms with E-state index in [0.29, 0.717) is 25.7 Å². The van der Waals surface area contributed by atoms with Gasteiger partial charge in [0.15, 0.2) is 5.16 Å². The highest BCUT2D eigenvalue weighted by Gasteiger charge is 2.26. The second kappa shape index (κ2) is 10.1. The second-order valence-electron chi connectivity index (χ2n) is 6.98. The summed E-state index contributed by atoms with van der Waals surface area (Å²) in [5, 5.41) is 12.5. The molecule has 2 rings (SSSR count). The van der Waals surface area contributed by atoms with Gasteiger partial charge in [0.1, 0.15) is 5.82 Å². The lowest BCUT2D eigenvalue weighted by molar-refractivity contribution is -0.124. The quantitative estimate of drug-likeness (QED) is 0.505. The van der Waals surface area contributed by atoms with Crippen LogP contribution >= 0.6 is 11.8 Å². The molecule has 7 nitrogen and oxygen atoms in total. The summed E-state index contributed by atoms with van der Waals surface area (Å²) in [6, 6.07) is -0.434. The highest BCUT2D eigenvalue weighted by molar-refractivity contribution is 7.98. The van der Waals surface area contributed by atoms with Gasteiger partial charge >= 0.3 is 0 Å². The number of nitrogens with two attached hydrogens (primary N) is 1. The first kappa shape index (κ1) is 20.2. The van der Waals surface area contributed by atoms with E-state index in [4.69, 9.17) is 10.5 Å². The second-order valence-corrected chi connectivity index (χ2v) is 7.75. The van der Waals surface area contributed by atoms with Gasteiger partial charge in [0.2, 0.25) is 5.91 Å². The van der Waals surface area contributed by atoms with Crippen LogP contribution in [0.25, 0.3) is 0 Å². The number of hydrogen-bond donors (Lipinski definition) is 2. The molecule has 3 N–H and O–H groups in total. The van der Waals surface area contributed by atoms with Gasteiger partial charge in [-0.25, -0.2) is 0 Å². The van der Waals surface area contributed by atoms with E-state index in [1.165, 1.54) is 0 Å². The highest BCUT2D eigenvalue weighted by Crippen LogP contribution is 2.18. The molecule has 1 fully saturated rings. The van der Waals surface area contributed by atoms with Gasteiger partial charge < -0.3 is 20.4 Å². The monoisotopic (exact) mass is 369 g/mol. The molecular formula is C17H31N5O2S. The van der Waals surface area contributed by atoms with Crippen molar-refractivity contribution < 1.29 is 9.53 Å². The molecule has 142 valence electrons. The molecule has 0 saturated carbocycles. The Morgan fingerprint density at radius 3 is 2.76 bits per heavy atom. The van der Waals surface area contributed by atoms with Gasteiger partial charge in [-0.3, -0.25) is 4.79 Å². The third-order valence-corrected chi connectivity index (χ3v) is 5.14. The maximum absolute atomic E-state index is 12.2. The molecule has 1 unspecified atom stereocenters. The molecule has 8 heteroatoms. The van der Waals surface area contributed by atoms with Gasteiger partial charge in [-0.2, -0.15) is 0 Å². The summed E-state index contributed by atoms with van der Waals surface area (Å²) in [7, 11) is 0. The molecule has 0 aliphatic carbocycles. The first-order valence-corrected chi connectivity index (χ1v) is 10.3. The zero-order chi connectivity index (χ0) is 18.2. The lowest BCUT2D eigenvalue weighted by Crippen LogP contribution is -2.47. The zero-order valence-corrected chi connectivity index (χ0v) is 16.3. The maximum atomic E-state index is 12.2. The smallest absolute Gasteiger partial charge is 0.237 e. The molecule has 2 heterocycles. The Hall–Kier alpha value is -1.12. The fourth-order valence-corrected chi connectivity index (χ4v) is 3.59. The van der Waals surface area contributed by atoms with E-state index in [0.717, 1.165) is 43.2 Å². The normalized spacial score (nSPS) is 17.0. The third kappa shape index (κ3) is 5.97. The van der Waals surface area contributed by atoms with Crippen LogP contribution in [0.1, 0.15) is 38.9 Å². The van der Waals surface area contributed by atoms with Crippen LogP contribution in [0.2, 0.25) is 0 Å². The number of carbonyl (C=O) groups is 1. The summed E-state index contributed by atoms with van der Waals surface area (Å²) in [5.41, 5.74) is 6.09.